The zero-order chi connectivity index (χ0) is 20.8. The van der Waals surface area contributed by atoms with E-state index in [4.69, 9.17) is 31.2 Å². The molecule has 1 aromatic heterocycles. The van der Waals surface area contributed by atoms with Gasteiger partial charge in [0.25, 0.3) is 5.91 Å². The van der Waals surface area contributed by atoms with Crippen LogP contribution in [0.5, 0.6) is 11.5 Å². The number of anilines is 1. The lowest BCUT2D eigenvalue weighted by molar-refractivity contribution is 0.0971. The smallest absolute Gasteiger partial charge is 0.264 e. The van der Waals surface area contributed by atoms with Crippen molar-refractivity contribution in [2.45, 2.75) is 6.61 Å². The van der Waals surface area contributed by atoms with Gasteiger partial charge in [0.15, 0.2) is 5.11 Å². The highest BCUT2D eigenvalue weighted by molar-refractivity contribution is 7.80. The predicted molar refractivity (Wildman–Crippen MR) is 113 cm³/mol. The maximum Gasteiger partial charge on any atom is 0.264 e. The van der Waals surface area contributed by atoms with Gasteiger partial charge < -0.3 is 24.3 Å². The minimum atomic E-state index is -0.452. The number of benzene rings is 2. The first-order valence-electron chi connectivity index (χ1n) is 8.69. The number of carbonyl (C=O) groups excluding carboxylic acids is 1. The summed E-state index contributed by atoms with van der Waals surface area (Å²) in [6.07, 6.45) is 0. The van der Waals surface area contributed by atoms with Gasteiger partial charge in [0.1, 0.15) is 35.2 Å². The van der Waals surface area contributed by atoms with Crippen LogP contribution in [0.2, 0.25) is 0 Å². The molecular weight excluding hydrogens is 392 g/mol. The first kappa shape index (κ1) is 20.4. The summed E-state index contributed by atoms with van der Waals surface area (Å²) >= 11 is 5.27. The molecule has 0 bridgehead atoms. The van der Waals surface area contributed by atoms with Gasteiger partial charge >= 0.3 is 0 Å². The summed E-state index contributed by atoms with van der Waals surface area (Å²) in [5.41, 5.74) is 1.72. The monoisotopic (exact) mass is 412 g/mol. The van der Waals surface area contributed by atoms with Crippen LogP contribution in [0, 0.1) is 0 Å². The van der Waals surface area contributed by atoms with Gasteiger partial charge in [0.2, 0.25) is 0 Å². The Kier molecular flexibility index (Phi) is 6.48. The van der Waals surface area contributed by atoms with E-state index in [1.807, 2.05) is 24.3 Å². The molecule has 0 saturated carbocycles. The topological polar surface area (TPSA) is 93.0 Å². The van der Waals surface area contributed by atoms with Crippen LogP contribution in [0.25, 0.3) is 11.3 Å². The van der Waals surface area contributed by atoms with Crippen LogP contribution in [-0.4, -0.2) is 30.3 Å². The fraction of sp³-hybridized carbons (Fsp3) is 0.143. The van der Waals surface area contributed by atoms with Crippen LogP contribution in [0.1, 0.15) is 16.1 Å². The van der Waals surface area contributed by atoms with E-state index in [2.05, 4.69) is 10.6 Å². The Hall–Kier alpha value is -3.36. The largest absolute Gasteiger partial charge is 0.496 e. The number of hydrogen-bond acceptors (Lipinski definition) is 6. The second kappa shape index (κ2) is 9.22. The third-order valence-corrected chi connectivity index (χ3v) is 4.31. The molecule has 3 aromatic rings. The molecule has 0 saturated heterocycles. The highest BCUT2D eigenvalue weighted by atomic mass is 32.1. The molecule has 0 aliphatic carbocycles. The normalized spacial score (nSPS) is 10.3. The van der Waals surface area contributed by atoms with E-state index < -0.39 is 5.91 Å². The number of carbonyl (C=O) groups is 1. The number of hydrogen-bond donors (Lipinski definition) is 3. The Balaban J connectivity index is 1.73. The second-order valence-electron chi connectivity index (χ2n) is 5.95. The molecule has 8 heteroatoms. The number of thiocarbonyl (C=S) groups is 1. The number of rotatable bonds is 6. The second-order valence-corrected chi connectivity index (χ2v) is 6.36. The van der Waals surface area contributed by atoms with Crippen molar-refractivity contribution in [2.75, 3.05) is 19.5 Å². The molecule has 7 nitrogen and oxygen atoms in total. The van der Waals surface area contributed by atoms with Crippen molar-refractivity contribution >= 4 is 28.9 Å². The Labute approximate surface area is 173 Å². The molecule has 0 aliphatic rings. The summed E-state index contributed by atoms with van der Waals surface area (Å²) < 4.78 is 16.0. The van der Waals surface area contributed by atoms with Gasteiger partial charge in [-0.25, -0.2) is 0 Å². The highest BCUT2D eigenvalue weighted by Crippen LogP contribution is 2.28. The third-order valence-electron chi connectivity index (χ3n) is 4.10. The number of ether oxygens (including phenoxy) is 2. The molecule has 3 rings (SSSR count). The van der Waals surface area contributed by atoms with Gasteiger partial charge in [0, 0.05) is 11.3 Å². The molecule has 150 valence electrons. The van der Waals surface area contributed by atoms with Gasteiger partial charge in [0.05, 0.1) is 14.2 Å². The summed E-state index contributed by atoms with van der Waals surface area (Å²) in [6, 6.07) is 15.9. The van der Waals surface area contributed by atoms with Crippen LogP contribution in [0.4, 0.5) is 5.69 Å². The number of amides is 1. The van der Waals surface area contributed by atoms with Crippen molar-refractivity contribution in [3.05, 3.63) is 65.9 Å². The van der Waals surface area contributed by atoms with E-state index >= 15 is 0 Å². The van der Waals surface area contributed by atoms with E-state index in [0.29, 0.717) is 28.7 Å². The average molecular weight is 412 g/mol. The lowest BCUT2D eigenvalue weighted by Crippen LogP contribution is -2.34. The maximum absolute atomic E-state index is 12.7. The first-order chi connectivity index (χ1) is 14.0. The SMILES string of the molecule is COc1cccc(OC)c1C(=O)NC(=S)Nc1cccc(-c2ccc(CO)o2)c1. The fourth-order valence-corrected chi connectivity index (χ4v) is 2.98. The van der Waals surface area contributed by atoms with E-state index in [-0.39, 0.29) is 17.3 Å². The Morgan fingerprint density at radius 1 is 1.07 bits per heavy atom. The van der Waals surface area contributed by atoms with Gasteiger partial charge in [-0.1, -0.05) is 18.2 Å². The minimum Gasteiger partial charge on any atom is -0.496 e. The zero-order valence-electron chi connectivity index (χ0n) is 15.9. The van der Waals surface area contributed by atoms with Crippen molar-refractivity contribution in [3.63, 3.8) is 0 Å². The molecule has 0 fully saturated rings. The zero-order valence-corrected chi connectivity index (χ0v) is 16.7. The van der Waals surface area contributed by atoms with E-state index in [1.165, 1.54) is 14.2 Å². The number of aliphatic hydroxyl groups is 1. The lowest BCUT2D eigenvalue weighted by Gasteiger charge is -2.14. The first-order valence-corrected chi connectivity index (χ1v) is 9.10. The summed E-state index contributed by atoms with van der Waals surface area (Å²) in [6.45, 7) is -0.166. The molecule has 2 aromatic carbocycles. The molecular formula is C21H20N2O5S. The van der Waals surface area contributed by atoms with Crippen molar-refractivity contribution in [1.29, 1.82) is 0 Å². The molecule has 0 unspecified atom stereocenters. The molecule has 29 heavy (non-hydrogen) atoms. The van der Waals surface area contributed by atoms with Crippen LogP contribution in [-0.2, 0) is 6.61 Å². The number of nitrogens with one attached hydrogen (secondary N) is 2. The van der Waals surface area contributed by atoms with Gasteiger partial charge in [-0.2, -0.15) is 0 Å². The molecule has 1 amide bonds. The van der Waals surface area contributed by atoms with Crippen molar-refractivity contribution < 1.29 is 23.8 Å². The van der Waals surface area contributed by atoms with Crippen LogP contribution < -0.4 is 20.1 Å². The van der Waals surface area contributed by atoms with Gasteiger partial charge in [-0.05, 0) is 48.6 Å². The van der Waals surface area contributed by atoms with E-state index in [0.717, 1.165) is 5.56 Å². The summed E-state index contributed by atoms with van der Waals surface area (Å²) in [7, 11) is 2.95. The number of aliphatic hydroxyl groups excluding tert-OH is 1. The molecule has 0 aliphatic heterocycles. The minimum absolute atomic E-state index is 0.121. The summed E-state index contributed by atoms with van der Waals surface area (Å²) in [5.74, 6) is 1.40. The van der Waals surface area contributed by atoms with Gasteiger partial charge in [-0.3, -0.25) is 10.1 Å². The van der Waals surface area contributed by atoms with Crippen LogP contribution in [0.3, 0.4) is 0 Å². The van der Waals surface area contributed by atoms with E-state index in [9.17, 15) is 4.79 Å². The van der Waals surface area contributed by atoms with Gasteiger partial charge in [-0.15, -0.1) is 0 Å². The van der Waals surface area contributed by atoms with Crippen LogP contribution in [0.15, 0.2) is 59.0 Å². The Bertz CT molecular complexity index is 1010. The van der Waals surface area contributed by atoms with E-state index in [1.54, 1.807) is 30.3 Å². The quantitative estimate of drug-likeness (QED) is 0.533. The van der Waals surface area contributed by atoms with Crippen molar-refractivity contribution in [2.24, 2.45) is 0 Å². The third kappa shape index (κ3) is 4.74. The Morgan fingerprint density at radius 3 is 2.38 bits per heavy atom. The average Bonchev–Trinajstić information content (AvgIpc) is 3.22. The maximum atomic E-state index is 12.7. The predicted octanol–water partition coefficient (Wildman–Crippen LogP) is 3.58. The molecule has 0 spiro atoms. The number of furan rings is 1. The molecule has 0 atom stereocenters. The van der Waals surface area contributed by atoms with Crippen molar-refractivity contribution in [3.8, 4) is 22.8 Å². The summed E-state index contributed by atoms with van der Waals surface area (Å²) in [4.78, 5) is 12.7. The molecule has 0 radical (unpaired) electrons. The molecule has 3 N–H and O–H groups in total. The lowest BCUT2D eigenvalue weighted by atomic mass is 10.1. The summed E-state index contributed by atoms with van der Waals surface area (Å²) in [5, 5.41) is 14.9. The van der Waals surface area contributed by atoms with Crippen LogP contribution >= 0.6 is 12.2 Å². The van der Waals surface area contributed by atoms with Crippen molar-refractivity contribution in [1.82, 2.24) is 5.32 Å². The highest BCUT2D eigenvalue weighted by Gasteiger charge is 2.19. The fourth-order valence-electron chi connectivity index (χ4n) is 2.77. The standard InChI is InChI=1S/C21H20N2O5S/c1-26-17-7-4-8-18(27-2)19(17)20(25)23-21(29)22-14-6-3-5-13(11-14)16-10-9-15(12-24)28-16/h3-11,24H,12H2,1-2H3,(H2,22,23,25,29). The number of methoxy groups -OCH3 is 2. The molecule has 1 heterocycles. The Morgan fingerprint density at radius 2 is 1.76 bits per heavy atom.